The van der Waals surface area contributed by atoms with Gasteiger partial charge in [-0.05, 0) is 18.4 Å². The van der Waals surface area contributed by atoms with E-state index in [0.717, 1.165) is 0 Å². The van der Waals surface area contributed by atoms with Gasteiger partial charge < -0.3 is 9.47 Å². The molecule has 0 fully saturated rings. The second kappa shape index (κ2) is 8.34. The standard InChI is InChI=1S/C12H17NO4.C2H6/c1-8(2)5-9-6-11(16-3)12(17-4)7-10(9)13(14)15;1-2/h6-8H,5H2,1-4H3;1-2H3. The summed E-state index contributed by atoms with van der Waals surface area (Å²) in [4.78, 5) is 10.6. The van der Waals surface area contributed by atoms with E-state index in [2.05, 4.69) is 0 Å². The van der Waals surface area contributed by atoms with Crippen LogP contribution in [0.4, 0.5) is 5.69 Å². The van der Waals surface area contributed by atoms with E-state index in [1.807, 2.05) is 27.7 Å². The highest BCUT2D eigenvalue weighted by Gasteiger charge is 2.19. The van der Waals surface area contributed by atoms with Crippen molar-refractivity contribution in [3.8, 4) is 11.5 Å². The second-order valence-electron chi connectivity index (χ2n) is 4.19. The number of benzene rings is 1. The summed E-state index contributed by atoms with van der Waals surface area (Å²) in [6.45, 7) is 8.03. The first-order chi connectivity index (χ1) is 8.99. The third-order valence-corrected chi connectivity index (χ3v) is 2.41. The molecule has 0 heterocycles. The Hall–Kier alpha value is -1.78. The van der Waals surface area contributed by atoms with E-state index in [4.69, 9.17) is 9.47 Å². The first-order valence-electron chi connectivity index (χ1n) is 6.38. The molecule has 108 valence electrons. The van der Waals surface area contributed by atoms with Crippen LogP contribution in [0.1, 0.15) is 33.3 Å². The van der Waals surface area contributed by atoms with Crippen LogP contribution >= 0.6 is 0 Å². The zero-order valence-corrected chi connectivity index (χ0v) is 12.5. The monoisotopic (exact) mass is 269 g/mol. The van der Waals surface area contributed by atoms with E-state index < -0.39 is 0 Å². The Morgan fingerprint density at radius 1 is 1.16 bits per heavy atom. The van der Waals surface area contributed by atoms with Crippen molar-refractivity contribution in [1.82, 2.24) is 0 Å². The number of rotatable bonds is 5. The van der Waals surface area contributed by atoms with E-state index in [9.17, 15) is 10.1 Å². The van der Waals surface area contributed by atoms with Crippen molar-refractivity contribution in [1.29, 1.82) is 0 Å². The summed E-state index contributed by atoms with van der Waals surface area (Å²) in [6.07, 6.45) is 0.636. The topological polar surface area (TPSA) is 61.6 Å². The first kappa shape index (κ1) is 17.2. The Balaban J connectivity index is 0.00000154. The molecule has 5 nitrogen and oxygen atoms in total. The Labute approximate surface area is 114 Å². The van der Waals surface area contributed by atoms with Gasteiger partial charge in [0.15, 0.2) is 11.5 Å². The molecule has 0 aliphatic carbocycles. The van der Waals surface area contributed by atoms with Gasteiger partial charge in [-0.3, -0.25) is 10.1 Å². The molecular formula is C14H23NO4. The number of ether oxygens (including phenoxy) is 2. The minimum Gasteiger partial charge on any atom is -0.493 e. The molecule has 1 rings (SSSR count). The smallest absolute Gasteiger partial charge is 0.276 e. The van der Waals surface area contributed by atoms with Gasteiger partial charge in [0.1, 0.15) is 0 Å². The normalized spacial score (nSPS) is 9.63. The number of nitrogens with zero attached hydrogens (tertiary/aromatic N) is 1. The molecule has 0 radical (unpaired) electrons. The average molecular weight is 269 g/mol. The zero-order valence-electron chi connectivity index (χ0n) is 12.5. The molecule has 19 heavy (non-hydrogen) atoms. The largest absolute Gasteiger partial charge is 0.493 e. The van der Waals surface area contributed by atoms with Gasteiger partial charge in [-0.15, -0.1) is 0 Å². The molecule has 0 aliphatic heterocycles. The van der Waals surface area contributed by atoms with Crippen molar-refractivity contribution in [2.45, 2.75) is 34.1 Å². The fourth-order valence-electron chi connectivity index (χ4n) is 1.68. The molecule has 0 amide bonds. The minimum absolute atomic E-state index is 0.0800. The van der Waals surface area contributed by atoms with Crippen molar-refractivity contribution in [2.24, 2.45) is 5.92 Å². The summed E-state index contributed by atoms with van der Waals surface area (Å²) < 4.78 is 10.2. The Morgan fingerprint density at radius 2 is 1.63 bits per heavy atom. The molecule has 0 bridgehead atoms. The van der Waals surface area contributed by atoms with Gasteiger partial charge in [-0.1, -0.05) is 27.7 Å². The Bertz CT molecular complexity index is 416. The summed E-state index contributed by atoms with van der Waals surface area (Å²) >= 11 is 0. The molecular weight excluding hydrogens is 246 g/mol. The number of hydrogen-bond donors (Lipinski definition) is 0. The van der Waals surface area contributed by atoms with Crippen molar-refractivity contribution in [3.63, 3.8) is 0 Å². The molecule has 0 aromatic heterocycles. The molecule has 0 saturated heterocycles. The average Bonchev–Trinajstić information content (AvgIpc) is 2.39. The molecule has 1 aromatic carbocycles. The van der Waals surface area contributed by atoms with E-state index in [0.29, 0.717) is 29.4 Å². The predicted octanol–water partition coefficient (Wildman–Crippen LogP) is 3.84. The van der Waals surface area contributed by atoms with Crippen LogP contribution in [-0.4, -0.2) is 19.1 Å². The van der Waals surface area contributed by atoms with Crippen LogP contribution in [-0.2, 0) is 6.42 Å². The van der Waals surface area contributed by atoms with Crippen LogP contribution in [0.3, 0.4) is 0 Å². The lowest BCUT2D eigenvalue weighted by Gasteiger charge is -2.11. The highest BCUT2D eigenvalue weighted by molar-refractivity contribution is 5.54. The van der Waals surface area contributed by atoms with E-state index in [-0.39, 0.29) is 10.6 Å². The molecule has 0 spiro atoms. The fourth-order valence-corrected chi connectivity index (χ4v) is 1.68. The third-order valence-electron chi connectivity index (χ3n) is 2.41. The van der Waals surface area contributed by atoms with Gasteiger partial charge in [0.25, 0.3) is 5.69 Å². The molecule has 0 aliphatic rings. The van der Waals surface area contributed by atoms with Gasteiger partial charge in [-0.25, -0.2) is 0 Å². The van der Waals surface area contributed by atoms with Gasteiger partial charge in [0, 0.05) is 5.56 Å². The van der Waals surface area contributed by atoms with E-state index >= 15 is 0 Å². The highest BCUT2D eigenvalue weighted by Crippen LogP contribution is 2.35. The van der Waals surface area contributed by atoms with Crippen LogP contribution in [0.2, 0.25) is 0 Å². The van der Waals surface area contributed by atoms with E-state index in [1.54, 1.807) is 6.07 Å². The maximum atomic E-state index is 11.0. The first-order valence-corrected chi connectivity index (χ1v) is 6.38. The number of nitro benzene ring substituents is 1. The van der Waals surface area contributed by atoms with Crippen LogP contribution in [0, 0.1) is 16.0 Å². The maximum absolute atomic E-state index is 11.0. The van der Waals surface area contributed by atoms with Crippen LogP contribution in [0.15, 0.2) is 12.1 Å². The molecule has 0 atom stereocenters. The Kier molecular flexibility index (Phi) is 7.56. The lowest BCUT2D eigenvalue weighted by molar-refractivity contribution is -0.385. The van der Waals surface area contributed by atoms with Gasteiger partial charge in [0.05, 0.1) is 25.2 Å². The van der Waals surface area contributed by atoms with Crippen molar-refractivity contribution in [2.75, 3.05) is 14.2 Å². The maximum Gasteiger partial charge on any atom is 0.276 e. The summed E-state index contributed by atoms with van der Waals surface area (Å²) in [6, 6.07) is 3.09. The molecule has 5 heteroatoms. The molecule has 0 unspecified atom stereocenters. The lowest BCUT2D eigenvalue weighted by atomic mass is 10.0. The van der Waals surface area contributed by atoms with Crippen LogP contribution in [0.5, 0.6) is 11.5 Å². The Morgan fingerprint density at radius 3 is 2.00 bits per heavy atom. The van der Waals surface area contributed by atoms with Gasteiger partial charge >= 0.3 is 0 Å². The fraction of sp³-hybridized carbons (Fsp3) is 0.571. The molecule has 0 N–H and O–H groups in total. The number of hydrogen-bond acceptors (Lipinski definition) is 4. The van der Waals surface area contributed by atoms with Crippen LogP contribution in [0.25, 0.3) is 0 Å². The third kappa shape index (κ3) is 4.77. The summed E-state index contributed by atoms with van der Waals surface area (Å²) in [5, 5.41) is 11.0. The summed E-state index contributed by atoms with van der Waals surface area (Å²) in [5.74, 6) is 1.24. The quantitative estimate of drug-likeness (QED) is 0.602. The highest BCUT2D eigenvalue weighted by atomic mass is 16.6. The summed E-state index contributed by atoms with van der Waals surface area (Å²) in [7, 11) is 2.98. The van der Waals surface area contributed by atoms with Crippen molar-refractivity contribution < 1.29 is 14.4 Å². The second-order valence-corrected chi connectivity index (χ2v) is 4.19. The van der Waals surface area contributed by atoms with Crippen LogP contribution < -0.4 is 9.47 Å². The molecule has 0 saturated carbocycles. The van der Waals surface area contributed by atoms with E-state index in [1.165, 1.54) is 20.3 Å². The van der Waals surface area contributed by atoms with Gasteiger partial charge in [0.2, 0.25) is 0 Å². The van der Waals surface area contributed by atoms with Crippen molar-refractivity contribution in [3.05, 3.63) is 27.8 Å². The summed E-state index contributed by atoms with van der Waals surface area (Å²) in [5.41, 5.74) is 0.749. The lowest BCUT2D eigenvalue weighted by Crippen LogP contribution is -2.02. The van der Waals surface area contributed by atoms with Crippen molar-refractivity contribution >= 4 is 5.69 Å². The number of nitro groups is 1. The van der Waals surface area contributed by atoms with Gasteiger partial charge in [-0.2, -0.15) is 0 Å². The zero-order chi connectivity index (χ0) is 15.0. The SMILES string of the molecule is CC.COc1cc(CC(C)C)c([N+](=O)[O-])cc1OC. The number of methoxy groups -OCH3 is 2. The minimum atomic E-state index is -0.389. The predicted molar refractivity (Wildman–Crippen MR) is 76.1 cm³/mol. The molecule has 1 aromatic rings.